The first-order valence-corrected chi connectivity index (χ1v) is 10.3. The summed E-state index contributed by atoms with van der Waals surface area (Å²) in [5, 5.41) is 7.03. The molecule has 1 aliphatic carbocycles. The molecule has 1 saturated carbocycles. The number of methoxy groups -OCH3 is 1. The van der Waals surface area contributed by atoms with Gasteiger partial charge in [0.15, 0.2) is 23.1 Å². The molecule has 1 unspecified atom stereocenters. The fraction of sp³-hybridized carbons (Fsp3) is 0.545. The number of hydrogen-bond donors (Lipinski definition) is 1. The molecule has 1 aromatic heterocycles. The van der Waals surface area contributed by atoms with Crippen molar-refractivity contribution in [3.8, 4) is 11.5 Å². The number of rotatable bonds is 11. The number of ketones is 1. The molecule has 1 heterocycles. The lowest BCUT2D eigenvalue weighted by atomic mass is 10.0. The number of ether oxygens (including phenoxy) is 2. The summed E-state index contributed by atoms with van der Waals surface area (Å²) in [6.45, 7) is 5.86. The third kappa shape index (κ3) is 5.58. The van der Waals surface area contributed by atoms with Gasteiger partial charge in [-0.05, 0) is 50.3 Å². The highest BCUT2D eigenvalue weighted by Crippen LogP contribution is 2.38. The summed E-state index contributed by atoms with van der Waals surface area (Å²) < 4.78 is 16.4. The molecule has 0 spiro atoms. The van der Waals surface area contributed by atoms with Crippen LogP contribution in [0.15, 0.2) is 22.7 Å². The molecule has 3 rings (SSSR count). The summed E-state index contributed by atoms with van der Waals surface area (Å²) in [4.78, 5) is 28.4. The van der Waals surface area contributed by atoms with Gasteiger partial charge < -0.3 is 19.3 Å². The number of nitrogens with zero attached hydrogens (tertiary/aromatic N) is 2. The quantitative estimate of drug-likeness (QED) is 0.439. The van der Waals surface area contributed by atoms with Crippen LogP contribution in [0, 0.1) is 5.92 Å². The van der Waals surface area contributed by atoms with Crippen molar-refractivity contribution in [1.82, 2.24) is 15.5 Å². The number of aromatic nitrogens is 2. The van der Waals surface area contributed by atoms with Crippen LogP contribution in [0.4, 0.5) is 0 Å². The topological polar surface area (TPSA) is 104 Å². The number of carbonyl (C=O) groups excluding carboxylic acids is 2. The number of benzene rings is 1. The van der Waals surface area contributed by atoms with E-state index in [0.29, 0.717) is 48.3 Å². The molecular weight excluding hydrogens is 386 g/mol. The number of nitrogens with one attached hydrogen (secondary N) is 1. The first-order chi connectivity index (χ1) is 14.4. The minimum Gasteiger partial charge on any atom is -0.493 e. The molecule has 1 N–H and O–H groups in total. The summed E-state index contributed by atoms with van der Waals surface area (Å²) in [5.41, 5.74) is 0.559. The van der Waals surface area contributed by atoms with Crippen molar-refractivity contribution >= 4 is 11.7 Å². The standard InChI is InChI=1S/C22H29N3O5/c1-13(2)20(22-24-21(25-30-22)15-7-8-15)23-19(27)6-5-11-29-17-10-9-16(14(3)26)12-18(17)28-4/h9-10,12-13,15,20H,5-8,11H2,1-4H3,(H,23,27). The maximum atomic E-state index is 12.4. The Kier molecular flexibility index (Phi) is 7.07. The molecule has 30 heavy (non-hydrogen) atoms. The Morgan fingerprint density at radius 3 is 2.67 bits per heavy atom. The summed E-state index contributed by atoms with van der Waals surface area (Å²) >= 11 is 0. The predicted octanol–water partition coefficient (Wildman–Crippen LogP) is 3.83. The van der Waals surface area contributed by atoms with Gasteiger partial charge in [-0.15, -0.1) is 0 Å². The van der Waals surface area contributed by atoms with Gasteiger partial charge in [-0.25, -0.2) is 0 Å². The van der Waals surface area contributed by atoms with Crippen molar-refractivity contribution in [2.45, 2.75) is 58.4 Å². The highest BCUT2D eigenvalue weighted by Gasteiger charge is 2.31. The zero-order valence-corrected chi connectivity index (χ0v) is 17.9. The van der Waals surface area contributed by atoms with Crippen molar-refractivity contribution in [1.29, 1.82) is 0 Å². The van der Waals surface area contributed by atoms with Gasteiger partial charge in [-0.2, -0.15) is 4.98 Å². The average Bonchev–Trinajstić information content (AvgIpc) is 3.46. The molecule has 1 atom stereocenters. The Balaban J connectivity index is 1.48. The van der Waals surface area contributed by atoms with E-state index in [0.717, 1.165) is 18.7 Å². The second kappa shape index (κ2) is 9.73. The van der Waals surface area contributed by atoms with Gasteiger partial charge in [-0.1, -0.05) is 19.0 Å². The van der Waals surface area contributed by atoms with E-state index in [4.69, 9.17) is 14.0 Å². The normalized spacial score (nSPS) is 14.4. The molecule has 2 aromatic rings. The van der Waals surface area contributed by atoms with Crippen LogP contribution >= 0.6 is 0 Å². The number of carbonyl (C=O) groups is 2. The molecule has 162 valence electrons. The fourth-order valence-corrected chi connectivity index (χ4v) is 3.06. The van der Waals surface area contributed by atoms with Crippen molar-refractivity contribution in [3.05, 3.63) is 35.5 Å². The molecule has 8 nitrogen and oxygen atoms in total. The van der Waals surface area contributed by atoms with Gasteiger partial charge in [-0.3, -0.25) is 9.59 Å². The second-order valence-corrected chi connectivity index (χ2v) is 7.93. The monoisotopic (exact) mass is 415 g/mol. The van der Waals surface area contributed by atoms with Crippen LogP contribution in [0.5, 0.6) is 11.5 Å². The Bertz CT molecular complexity index is 889. The maximum absolute atomic E-state index is 12.4. The van der Waals surface area contributed by atoms with E-state index in [1.165, 1.54) is 14.0 Å². The first-order valence-electron chi connectivity index (χ1n) is 10.3. The molecular formula is C22H29N3O5. The lowest BCUT2D eigenvalue weighted by molar-refractivity contribution is -0.122. The van der Waals surface area contributed by atoms with Gasteiger partial charge in [0.1, 0.15) is 6.04 Å². The van der Waals surface area contributed by atoms with Crippen LogP contribution in [0.1, 0.15) is 80.5 Å². The van der Waals surface area contributed by atoms with Gasteiger partial charge >= 0.3 is 0 Å². The Morgan fingerprint density at radius 1 is 1.27 bits per heavy atom. The third-order valence-corrected chi connectivity index (χ3v) is 5.03. The molecule has 1 fully saturated rings. The predicted molar refractivity (Wildman–Crippen MR) is 110 cm³/mol. The van der Waals surface area contributed by atoms with Crippen LogP contribution in [-0.2, 0) is 4.79 Å². The molecule has 0 saturated heterocycles. The van der Waals surface area contributed by atoms with Gasteiger partial charge in [0, 0.05) is 17.9 Å². The van der Waals surface area contributed by atoms with Crippen LogP contribution in [0.25, 0.3) is 0 Å². The lowest BCUT2D eigenvalue weighted by Crippen LogP contribution is -2.32. The van der Waals surface area contributed by atoms with Gasteiger partial charge in [0.05, 0.1) is 13.7 Å². The molecule has 0 aliphatic heterocycles. The highest BCUT2D eigenvalue weighted by molar-refractivity contribution is 5.94. The fourth-order valence-electron chi connectivity index (χ4n) is 3.06. The number of hydrogen-bond acceptors (Lipinski definition) is 7. The summed E-state index contributed by atoms with van der Waals surface area (Å²) in [6.07, 6.45) is 3.03. The highest BCUT2D eigenvalue weighted by atomic mass is 16.5. The Morgan fingerprint density at radius 2 is 2.03 bits per heavy atom. The third-order valence-electron chi connectivity index (χ3n) is 5.03. The van der Waals surface area contributed by atoms with E-state index >= 15 is 0 Å². The SMILES string of the molecule is COc1cc(C(C)=O)ccc1OCCCC(=O)NC(c1nc(C2CC2)no1)C(C)C. The molecule has 1 aliphatic rings. The van der Waals surface area contributed by atoms with E-state index in [2.05, 4.69) is 15.5 Å². The van der Waals surface area contributed by atoms with Crippen LogP contribution in [0.2, 0.25) is 0 Å². The summed E-state index contributed by atoms with van der Waals surface area (Å²) in [7, 11) is 1.53. The molecule has 0 bridgehead atoms. The Labute approximate surface area is 176 Å². The number of Topliss-reactive ketones (excluding diaryl/α,β-unsaturated/α-hetero) is 1. The van der Waals surface area contributed by atoms with Gasteiger partial charge in [0.25, 0.3) is 0 Å². The largest absolute Gasteiger partial charge is 0.493 e. The lowest BCUT2D eigenvalue weighted by Gasteiger charge is -2.18. The van der Waals surface area contributed by atoms with E-state index in [-0.39, 0.29) is 23.7 Å². The second-order valence-electron chi connectivity index (χ2n) is 7.93. The van der Waals surface area contributed by atoms with Crippen LogP contribution in [0.3, 0.4) is 0 Å². The van der Waals surface area contributed by atoms with E-state index in [1.54, 1.807) is 18.2 Å². The Hall–Kier alpha value is -2.90. The maximum Gasteiger partial charge on any atom is 0.249 e. The zero-order valence-electron chi connectivity index (χ0n) is 17.9. The van der Waals surface area contributed by atoms with Crippen LogP contribution < -0.4 is 14.8 Å². The number of amides is 1. The first kappa shape index (κ1) is 21.8. The molecule has 1 amide bonds. The summed E-state index contributed by atoms with van der Waals surface area (Å²) in [6, 6.07) is 4.74. The van der Waals surface area contributed by atoms with E-state index in [1.807, 2.05) is 13.8 Å². The van der Waals surface area contributed by atoms with E-state index in [9.17, 15) is 9.59 Å². The minimum atomic E-state index is -0.308. The molecule has 0 radical (unpaired) electrons. The van der Waals surface area contributed by atoms with Crippen molar-refractivity contribution < 1.29 is 23.6 Å². The molecule has 8 heteroatoms. The minimum absolute atomic E-state index is 0.0401. The zero-order chi connectivity index (χ0) is 21.7. The smallest absolute Gasteiger partial charge is 0.249 e. The van der Waals surface area contributed by atoms with Crippen molar-refractivity contribution in [2.75, 3.05) is 13.7 Å². The average molecular weight is 415 g/mol. The summed E-state index contributed by atoms with van der Waals surface area (Å²) in [5.74, 6) is 2.64. The van der Waals surface area contributed by atoms with E-state index < -0.39 is 0 Å². The molecule has 1 aromatic carbocycles. The van der Waals surface area contributed by atoms with Gasteiger partial charge in [0.2, 0.25) is 11.8 Å². The van der Waals surface area contributed by atoms with Crippen molar-refractivity contribution in [2.24, 2.45) is 5.92 Å². The van der Waals surface area contributed by atoms with Crippen molar-refractivity contribution in [3.63, 3.8) is 0 Å². The van der Waals surface area contributed by atoms with Crippen LogP contribution in [-0.4, -0.2) is 35.5 Å².